The molecule has 34 heavy (non-hydrogen) atoms. The van der Waals surface area contributed by atoms with Crippen molar-refractivity contribution in [1.29, 1.82) is 5.53 Å². The summed E-state index contributed by atoms with van der Waals surface area (Å²) in [5.41, 5.74) is 7.39. The van der Waals surface area contributed by atoms with E-state index < -0.39 is 17.6 Å². The highest BCUT2D eigenvalue weighted by Crippen LogP contribution is 2.39. The summed E-state index contributed by atoms with van der Waals surface area (Å²) in [7, 11) is 1.46. The number of azo groups is 1. The minimum absolute atomic E-state index is 0.0222. The van der Waals surface area contributed by atoms with E-state index in [1.165, 1.54) is 19.2 Å². The molecule has 0 spiro atoms. The van der Waals surface area contributed by atoms with Crippen molar-refractivity contribution in [2.75, 3.05) is 13.7 Å². The van der Waals surface area contributed by atoms with E-state index in [1.807, 2.05) is 0 Å². The van der Waals surface area contributed by atoms with E-state index in [4.69, 9.17) is 5.53 Å². The molecule has 0 aromatic heterocycles. The molecule has 0 bridgehead atoms. The van der Waals surface area contributed by atoms with Crippen LogP contribution in [0.5, 0.6) is 11.5 Å². The van der Waals surface area contributed by atoms with Gasteiger partial charge < -0.3 is 20.8 Å². The van der Waals surface area contributed by atoms with E-state index in [0.29, 0.717) is 21.5 Å². The van der Waals surface area contributed by atoms with Crippen LogP contribution in [-0.4, -0.2) is 35.7 Å². The Morgan fingerprint density at radius 1 is 0.824 bits per heavy atom. The van der Waals surface area contributed by atoms with Gasteiger partial charge in [-0.3, -0.25) is 9.59 Å². The van der Waals surface area contributed by atoms with Gasteiger partial charge in [-0.25, -0.2) is 5.53 Å². The van der Waals surface area contributed by atoms with Crippen LogP contribution < -0.4 is 10.6 Å². The number of benzene rings is 4. The van der Waals surface area contributed by atoms with Crippen LogP contribution in [0, 0.1) is 5.53 Å². The molecular formula is C24H20N6O4. The zero-order valence-corrected chi connectivity index (χ0v) is 18.0. The molecule has 10 nitrogen and oxygen atoms in total. The molecule has 0 aliphatic rings. The van der Waals surface area contributed by atoms with Gasteiger partial charge in [0.2, 0.25) is 0 Å². The molecule has 170 valence electrons. The number of hydrogen-bond donors (Lipinski definition) is 5. The molecule has 0 aliphatic heterocycles. The lowest BCUT2D eigenvalue weighted by molar-refractivity contribution is 0.0918. The van der Waals surface area contributed by atoms with Crippen LogP contribution in [-0.2, 0) is 0 Å². The second-order valence-corrected chi connectivity index (χ2v) is 7.29. The lowest BCUT2D eigenvalue weighted by Gasteiger charge is -2.13. The van der Waals surface area contributed by atoms with Crippen molar-refractivity contribution in [2.24, 2.45) is 15.3 Å². The van der Waals surface area contributed by atoms with Crippen LogP contribution in [0.3, 0.4) is 0 Å². The first kappa shape index (κ1) is 22.3. The average molecular weight is 456 g/mol. The summed E-state index contributed by atoms with van der Waals surface area (Å²) in [6.45, 7) is -0.284. The van der Waals surface area contributed by atoms with Crippen molar-refractivity contribution >= 4 is 44.7 Å². The number of rotatable bonds is 6. The number of fused-ring (bicyclic) bond motifs is 2. The maximum Gasteiger partial charge on any atom is 0.256 e. The maximum absolute atomic E-state index is 12.7. The molecule has 0 radical (unpaired) electrons. The zero-order chi connectivity index (χ0) is 24.2. The van der Waals surface area contributed by atoms with Gasteiger partial charge in [0.05, 0.1) is 17.8 Å². The number of nitrogens with zero attached hydrogens (tertiary/aromatic N) is 3. The van der Waals surface area contributed by atoms with E-state index in [2.05, 4.69) is 26.0 Å². The van der Waals surface area contributed by atoms with Gasteiger partial charge in [-0.05, 0) is 22.9 Å². The highest BCUT2D eigenvalue weighted by molar-refractivity contribution is 6.08. The van der Waals surface area contributed by atoms with Crippen molar-refractivity contribution in [2.45, 2.75) is 0 Å². The molecule has 0 unspecified atom stereocenters. The van der Waals surface area contributed by atoms with Gasteiger partial charge in [0.15, 0.2) is 11.5 Å². The Balaban J connectivity index is 1.55. The predicted molar refractivity (Wildman–Crippen MR) is 126 cm³/mol. The van der Waals surface area contributed by atoms with Gasteiger partial charge >= 0.3 is 0 Å². The van der Waals surface area contributed by atoms with Crippen LogP contribution in [0.1, 0.15) is 20.7 Å². The quantitative estimate of drug-likeness (QED) is 0.206. The highest BCUT2D eigenvalue weighted by Gasteiger charge is 2.20. The minimum atomic E-state index is -0.670. The minimum Gasteiger partial charge on any atom is -0.505 e. The van der Waals surface area contributed by atoms with Crippen LogP contribution in [0.25, 0.3) is 21.5 Å². The van der Waals surface area contributed by atoms with E-state index in [0.717, 1.165) is 0 Å². The predicted octanol–water partition coefficient (Wildman–Crippen LogP) is 4.90. The summed E-state index contributed by atoms with van der Waals surface area (Å²) in [5.74, 6) is -2.07. The van der Waals surface area contributed by atoms with Gasteiger partial charge in [0, 0.05) is 17.8 Å². The third kappa shape index (κ3) is 3.99. The molecule has 10 heteroatoms. The van der Waals surface area contributed by atoms with E-state index in [9.17, 15) is 19.8 Å². The first-order chi connectivity index (χ1) is 16.5. The first-order valence-corrected chi connectivity index (χ1v) is 10.2. The highest BCUT2D eigenvalue weighted by atomic mass is 16.3. The molecule has 4 aromatic carbocycles. The zero-order valence-electron chi connectivity index (χ0n) is 18.0. The standard InChI is InChI=1S/C24H20N6O4/c1-26-30-20-16-9-5-3-7-14(16)11-18(22(20)32)24(34)28-12-27-23(33)17-10-13-6-2-4-8-15(13)19(29-25)21(17)31/h2-11,25,31-32H,12H2,1H3,(H,27,33)(H,28,34). The Morgan fingerprint density at radius 2 is 1.29 bits per heavy atom. The monoisotopic (exact) mass is 456 g/mol. The Labute approximate surface area is 193 Å². The number of amides is 2. The molecule has 4 aromatic rings. The number of aromatic hydroxyl groups is 2. The Morgan fingerprint density at radius 3 is 1.79 bits per heavy atom. The van der Waals surface area contributed by atoms with E-state index in [1.54, 1.807) is 48.5 Å². The topological polar surface area (TPSA) is 160 Å². The summed E-state index contributed by atoms with van der Waals surface area (Å²) < 4.78 is 0. The Bertz CT molecular complexity index is 1480. The number of nitrogens with one attached hydrogen (secondary N) is 3. The lowest BCUT2D eigenvalue weighted by atomic mass is 10.0. The van der Waals surface area contributed by atoms with Crippen LogP contribution in [0.15, 0.2) is 76.0 Å². The van der Waals surface area contributed by atoms with Crippen molar-refractivity contribution in [3.05, 3.63) is 71.8 Å². The number of hydrogen-bond acceptors (Lipinski definition) is 8. The van der Waals surface area contributed by atoms with Gasteiger partial charge in [-0.2, -0.15) is 15.3 Å². The second-order valence-electron chi connectivity index (χ2n) is 7.29. The summed E-state index contributed by atoms with van der Waals surface area (Å²) in [6, 6.07) is 17.0. The number of phenolic OH excluding ortho intramolecular Hbond substituents is 2. The third-order valence-electron chi connectivity index (χ3n) is 5.29. The van der Waals surface area contributed by atoms with Gasteiger partial charge in [0.25, 0.3) is 11.8 Å². The largest absolute Gasteiger partial charge is 0.505 e. The Hall–Kier alpha value is -4.86. The molecular weight excluding hydrogens is 436 g/mol. The number of carbonyl (C=O) groups excluding carboxylic acids is 2. The fourth-order valence-electron chi connectivity index (χ4n) is 3.69. The summed E-state index contributed by atoms with van der Waals surface area (Å²) in [5, 5.41) is 39.6. The molecule has 0 saturated carbocycles. The average Bonchev–Trinajstić information content (AvgIpc) is 2.85. The fourth-order valence-corrected chi connectivity index (χ4v) is 3.69. The van der Waals surface area contributed by atoms with Crippen molar-refractivity contribution in [3.63, 3.8) is 0 Å². The SMILES string of the molecule is CN=Nc1c(O)c(C(=O)NCNC(=O)c2cc3ccccc3c(N=N)c2O)cc2ccccc12. The molecule has 0 heterocycles. The second kappa shape index (κ2) is 9.33. The molecule has 0 aliphatic carbocycles. The smallest absolute Gasteiger partial charge is 0.256 e. The van der Waals surface area contributed by atoms with Crippen LogP contribution >= 0.6 is 0 Å². The number of phenols is 2. The van der Waals surface area contributed by atoms with Gasteiger partial charge in [-0.15, -0.1) is 0 Å². The van der Waals surface area contributed by atoms with Crippen molar-refractivity contribution < 1.29 is 19.8 Å². The summed E-state index contributed by atoms with van der Waals surface area (Å²) in [4.78, 5) is 25.4. The van der Waals surface area contributed by atoms with Crippen molar-refractivity contribution in [3.8, 4) is 11.5 Å². The molecule has 2 amide bonds. The lowest BCUT2D eigenvalue weighted by Crippen LogP contribution is -2.37. The van der Waals surface area contributed by atoms with Crippen molar-refractivity contribution in [1.82, 2.24) is 10.6 Å². The van der Waals surface area contributed by atoms with Crippen LogP contribution in [0.4, 0.5) is 11.4 Å². The fraction of sp³-hybridized carbons (Fsp3) is 0.0833. The molecule has 0 fully saturated rings. The number of carbonyl (C=O) groups is 2. The summed E-state index contributed by atoms with van der Waals surface area (Å²) >= 11 is 0. The maximum atomic E-state index is 12.7. The Kier molecular flexibility index (Phi) is 6.13. The van der Waals surface area contributed by atoms with E-state index in [-0.39, 0.29) is 34.9 Å². The molecule has 4 rings (SSSR count). The normalized spacial score (nSPS) is 11.1. The third-order valence-corrected chi connectivity index (χ3v) is 5.29. The first-order valence-electron chi connectivity index (χ1n) is 10.2. The molecule has 0 saturated heterocycles. The molecule has 0 atom stereocenters. The van der Waals surface area contributed by atoms with Gasteiger partial charge in [0.1, 0.15) is 11.4 Å². The summed E-state index contributed by atoms with van der Waals surface area (Å²) in [6.07, 6.45) is 0. The van der Waals surface area contributed by atoms with Gasteiger partial charge in [-0.1, -0.05) is 48.5 Å². The van der Waals surface area contributed by atoms with Crippen LogP contribution in [0.2, 0.25) is 0 Å². The molecule has 5 N–H and O–H groups in total. The van der Waals surface area contributed by atoms with E-state index >= 15 is 0 Å².